The monoisotopic (exact) mass is 313 g/mol. The molecule has 0 amide bonds. The van der Waals surface area contributed by atoms with Crippen LogP contribution in [-0.2, 0) is 6.42 Å². The Morgan fingerprint density at radius 2 is 1.38 bits per heavy atom. The molecule has 0 saturated heterocycles. The molecule has 1 unspecified atom stereocenters. The molecule has 120 valence electrons. The number of nitrogens with one attached hydrogen (secondary N) is 1. The number of halogens is 6. The van der Waals surface area contributed by atoms with Crippen molar-refractivity contribution in [2.45, 2.75) is 38.7 Å². The Morgan fingerprint density at radius 3 is 1.71 bits per heavy atom. The smallest absolute Gasteiger partial charge is 0.316 e. The Morgan fingerprint density at radius 1 is 0.952 bits per heavy atom. The Kier molecular flexibility index (Phi) is 5.30. The lowest BCUT2D eigenvalue weighted by Gasteiger charge is -2.31. The number of hydrogen-bond acceptors (Lipinski definition) is 1. The van der Waals surface area contributed by atoms with Gasteiger partial charge in [-0.2, -0.15) is 26.3 Å². The molecule has 1 atom stereocenters. The van der Waals surface area contributed by atoms with Crippen molar-refractivity contribution in [3.05, 3.63) is 34.9 Å². The summed E-state index contributed by atoms with van der Waals surface area (Å²) in [5.41, 5.74) is 1.87. The highest BCUT2D eigenvalue weighted by Gasteiger charge is 2.59. The molecule has 0 spiro atoms. The van der Waals surface area contributed by atoms with Gasteiger partial charge < -0.3 is 5.32 Å². The summed E-state index contributed by atoms with van der Waals surface area (Å²) in [5.74, 6) is -3.39. The Bertz CT molecular complexity index is 443. The van der Waals surface area contributed by atoms with Crippen molar-refractivity contribution in [3.8, 4) is 0 Å². The third-order valence-electron chi connectivity index (χ3n) is 3.55. The van der Waals surface area contributed by atoms with E-state index in [1.165, 1.54) is 0 Å². The number of benzene rings is 1. The fourth-order valence-electron chi connectivity index (χ4n) is 2.42. The number of likely N-dealkylation sites (N-methyl/N-ethyl adjacent to an activating group) is 1. The lowest BCUT2D eigenvalue weighted by Crippen LogP contribution is -2.51. The van der Waals surface area contributed by atoms with Gasteiger partial charge in [-0.25, -0.2) is 0 Å². The van der Waals surface area contributed by atoms with Gasteiger partial charge in [0, 0.05) is 6.04 Å². The van der Waals surface area contributed by atoms with E-state index in [1.807, 2.05) is 0 Å². The van der Waals surface area contributed by atoms with Gasteiger partial charge in [-0.15, -0.1) is 0 Å². The quantitative estimate of drug-likeness (QED) is 0.823. The van der Waals surface area contributed by atoms with Crippen LogP contribution >= 0.6 is 0 Å². The first-order valence-electron chi connectivity index (χ1n) is 6.34. The van der Waals surface area contributed by atoms with Gasteiger partial charge in [-0.3, -0.25) is 0 Å². The van der Waals surface area contributed by atoms with E-state index >= 15 is 0 Å². The van der Waals surface area contributed by atoms with Crippen molar-refractivity contribution in [3.63, 3.8) is 0 Å². The predicted molar refractivity (Wildman–Crippen MR) is 68.1 cm³/mol. The maximum Gasteiger partial charge on any atom is 0.402 e. The normalized spacial score (nSPS) is 14.6. The molecule has 7 heteroatoms. The zero-order chi connectivity index (χ0) is 16.4. The second kappa shape index (κ2) is 6.25. The number of alkyl halides is 6. The predicted octanol–water partition coefficient (Wildman–Crippen LogP) is 4.17. The van der Waals surface area contributed by atoms with Crippen LogP contribution in [0, 0.1) is 19.8 Å². The Balaban J connectivity index is 3.17. The SMILES string of the molecule is CNC(Cc1c(C)cccc1C)C(C(F)(F)F)C(F)(F)F. The number of hydrogen-bond donors (Lipinski definition) is 1. The summed E-state index contributed by atoms with van der Waals surface area (Å²) in [6.07, 6.45) is -11.0. The summed E-state index contributed by atoms with van der Waals surface area (Å²) in [7, 11) is 1.11. The van der Waals surface area contributed by atoms with E-state index in [2.05, 4.69) is 5.32 Å². The van der Waals surface area contributed by atoms with Gasteiger partial charge in [0.15, 0.2) is 5.92 Å². The van der Waals surface area contributed by atoms with Gasteiger partial charge in [-0.05, 0) is 44.0 Å². The van der Waals surface area contributed by atoms with Gasteiger partial charge in [0.25, 0.3) is 0 Å². The van der Waals surface area contributed by atoms with Crippen molar-refractivity contribution < 1.29 is 26.3 Å². The van der Waals surface area contributed by atoms with E-state index in [0.717, 1.165) is 7.05 Å². The third-order valence-corrected chi connectivity index (χ3v) is 3.55. The minimum atomic E-state index is -5.34. The Labute approximate surface area is 119 Å². The molecule has 1 nitrogen and oxygen atoms in total. The minimum absolute atomic E-state index is 0.335. The molecule has 0 aliphatic carbocycles. The molecule has 0 bridgehead atoms. The van der Waals surface area contributed by atoms with Crippen LogP contribution in [0.25, 0.3) is 0 Å². The molecule has 21 heavy (non-hydrogen) atoms. The highest BCUT2D eigenvalue weighted by atomic mass is 19.4. The zero-order valence-electron chi connectivity index (χ0n) is 11.9. The zero-order valence-corrected chi connectivity index (χ0v) is 11.9. The number of rotatable bonds is 4. The molecule has 0 saturated carbocycles. The van der Waals surface area contributed by atoms with Crippen molar-refractivity contribution in [2.24, 2.45) is 5.92 Å². The second-order valence-corrected chi connectivity index (χ2v) is 5.03. The maximum absolute atomic E-state index is 12.8. The van der Waals surface area contributed by atoms with E-state index in [4.69, 9.17) is 0 Å². The van der Waals surface area contributed by atoms with Crippen LogP contribution in [0.1, 0.15) is 16.7 Å². The van der Waals surface area contributed by atoms with Crippen molar-refractivity contribution in [2.75, 3.05) is 7.05 Å². The Hall–Kier alpha value is -1.24. The van der Waals surface area contributed by atoms with Crippen LogP contribution in [0.4, 0.5) is 26.3 Å². The molecule has 1 N–H and O–H groups in total. The van der Waals surface area contributed by atoms with Crippen LogP contribution in [0.2, 0.25) is 0 Å². The highest BCUT2D eigenvalue weighted by molar-refractivity contribution is 5.34. The van der Waals surface area contributed by atoms with E-state index in [1.54, 1.807) is 32.0 Å². The van der Waals surface area contributed by atoms with Crippen LogP contribution in [0.15, 0.2) is 18.2 Å². The summed E-state index contributed by atoms with van der Waals surface area (Å²) in [6, 6.07) is 3.30. The molecule has 1 rings (SSSR count). The molecule has 0 heterocycles. The van der Waals surface area contributed by atoms with E-state index in [-0.39, 0.29) is 6.42 Å². The number of aryl methyl sites for hydroxylation is 2. The third kappa shape index (κ3) is 4.36. The summed E-state index contributed by atoms with van der Waals surface area (Å²) >= 11 is 0. The van der Waals surface area contributed by atoms with Crippen LogP contribution < -0.4 is 5.32 Å². The molecule has 1 aromatic carbocycles. The van der Waals surface area contributed by atoms with Crippen molar-refractivity contribution in [1.82, 2.24) is 5.32 Å². The average molecular weight is 313 g/mol. The minimum Gasteiger partial charge on any atom is -0.316 e. The summed E-state index contributed by atoms with van der Waals surface area (Å²) in [5, 5.41) is 2.18. The highest BCUT2D eigenvalue weighted by Crippen LogP contribution is 2.42. The lowest BCUT2D eigenvalue weighted by atomic mass is 9.89. The molecular formula is C14H17F6N. The van der Waals surface area contributed by atoms with E-state index in [9.17, 15) is 26.3 Å². The van der Waals surface area contributed by atoms with E-state index in [0.29, 0.717) is 16.7 Å². The largest absolute Gasteiger partial charge is 0.402 e. The average Bonchev–Trinajstić information content (AvgIpc) is 2.28. The maximum atomic E-state index is 12.8. The summed E-state index contributed by atoms with van der Waals surface area (Å²) in [6.45, 7) is 3.34. The molecule has 0 aromatic heterocycles. The molecule has 0 aliphatic heterocycles. The fraction of sp³-hybridized carbons (Fsp3) is 0.571. The molecule has 1 aromatic rings. The van der Waals surface area contributed by atoms with Gasteiger partial charge in [0.1, 0.15) is 0 Å². The van der Waals surface area contributed by atoms with Crippen LogP contribution in [0.3, 0.4) is 0 Å². The first-order valence-corrected chi connectivity index (χ1v) is 6.34. The summed E-state index contributed by atoms with van der Waals surface area (Å²) < 4.78 is 76.8. The first-order chi connectivity index (χ1) is 9.48. The summed E-state index contributed by atoms with van der Waals surface area (Å²) in [4.78, 5) is 0. The lowest BCUT2D eigenvalue weighted by molar-refractivity contribution is -0.291. The molecular weight excluding hydrogens is 296 g/mol. The van der Waals surface area contributed by atoms with Gasteiger partial charge in [0.2, 0.25) is 0 Å². The van der Waals surface area contributed by atoms with Gasteiger partial charge in [-0.1, -0.05) is 18.2 Å². The van der Waals surface area contributed by atoms with Crippen molar-refractivity contribution >= 4 is 0 Å². The fourth-order valence-corrected chi connectivity index (χ4v) is 2.42. The standard InChI is InChI=1S/C14H17F6N/c1-8-5-4-6-9(2)10(8)7-11(21-3)12(13(15,16)17)14(18,19)20/h4-6,11-12,21H,7H2,1-3H3. The molecule has 0 fully saturated rings. The van der Waals surface area contributed by atoms with Crippen molar-refractivity contribution in [1.29, 1.82) is 0 Å². The van der Waals surface area contributed by atoms with Crippen LogP contribution in [-0.4, -0.2) is 25.4 Å². The molecule has 0 radical (unpaired) electrons. The topological polar surface area (TPSA) is 12.0 Å². The molecule has 0 aliphatic rings. The van der Waals surface area contributed by atoms with E-state index < -0.39 is 24.3 Å². The second-order valence-electron chi connectivity index (χ2n) is 5.03. The first kappa shape index (κ1) is 17.8. The van der Waals surface area contributed by atoms with Gasteiger partial charge >= 0.3 is 12.4 Å². The van der Waals surface area contributed by atoms with Crippen LogP contribution in [0.5, 0.6) is 0 Å². The van der Waals surface area contributed by atoms with Gasteiger partial charge in [0.05, 0.1) is 0 Å².